The Labute approximate surface area is 167 Å². The number of carbonyl (C=O) groups is 2. The second-order valence-electron chi connectivity index (χ2n) is 7.43. The van der Waals surface area contributed by atoms with E-state index in [2.05, 4.69) is 10.3 Å². The molecule has 1 saturated heterocycles. The van der Waals surface area contributed by atoms with Crippen LogP contribution in [0.1, 0.15) is 39.3 Å². The highest BCUT2D eigenvalue weighted by Crippen LogP contribution is 2.24. The molecule has 0 aliphatic carbocycles. The van der Waals surface area contributed by atoms with Gasteiger partial charge < -0.3 is 14.6 Å². The fraction of sp³-hybridized carbons (Fsp3) is 0.318. The van der Waals surface area contributed by atoms with Crippen molar-refractivity contribution >= 4 is 22.7 Å². The predicted molar refractivity (Wildman–Crippen MR) is 106 cm³/mol. The van der Waals surface area contributed by atoms with Gasteiger partial charge in [0.2, 0.25) is 0 Å². The van der Waals surface area contributed by atoms with E-state index in [1.54, 1.807) is 23.1 Å². The molecule has 6 nitrogen and oxygen atoms in total. The number of nitrogens with zero attached hydrogens (tertiary/aromatic N) is 2. The van der Waals surface area contributed by atoms with Crippen LogP contribution in [0.5, 0.6) is 0 Å². The number of furan rings is 1. The van der Waals surface area contributed by atoms with Crippen molar-refractivity contribution in [1.82, 2.24) is 15.2 Å². The summed E-state index contributed by atoms with van der Waals surface area (Å²) in [6.45, 7) is 3.59. The molecule has 2 aromatic heterocycles. The van der Waals surface area contributed by atoms with Gasteiger partial charge in [0.25, 0.3) is 11.8 Å². The van der Waals surface area contributed by atoms with Crippen LogP contribution in [0.15, 0.2) is 47.3 Å². The number of benzene rings is 1. The van der Waals surface area contributed by atoms with E-state index in [4.69, 9.17) is 4.42 Å². The van der Waals surface area contributed by atoms with Crippen LogP contribution in [-0.2, 0) is 0 Å². The van der Waals surface area contributed by atoms with Gasteiger partial charge in [-0.05, 0) is 56.0 Å². The van der Waals surface area contributed by atoms with Gasteiger partial charge in [-0.3, -0.25) is 14.6 Å². The second kappa shape index (κ2) is 8.03. The molecule has 1 aliphatic rings. The first-order valence-corrected chi connectivity index (χ1v) is 9.68. The van der Waals surface area contributed by atoms with E-state index >= 15 is 0 Å². The molecule has 0 atom stereocenters. The third kappa shape index (κ3) is 4.13. The largest absolute Gasteiger partial charge is 0.472 e. The molecule has 3 heterocycles. The Hall–Kier alpha value is -3.22. The Morgan fingerprint density at radius 2 is 2.03 bits per heavy atom. The van der Waals surface area contributed by atoms with Crippen molar-refractivity contribution in [1.29, 1.82) is 0 Å². The van der Waals surface area contributed by atoms with E-state index in [1.807, 2.05) is 6.92 Å². The van der Waals surface area contributed by atoms with Gasteiger partial charge in [0.15, 0.2) is 0 Å². The van der Waals surface area contributed by atoms with E-state index < -0.39 is 0 Å². The first kappa shape index (κ1) is 19.1. The molecule has 0 radical (unpaired) electrons. The number of amides is 2. The summed E-state index contributed by atoms with van der Waals surface area (Å²) in [5.41, 5.74) is 2.33. The van der Waals surface area contributed by atoms with Gasteiger partial charge in [-0.1, -0.05) is 0 Å². The Bertz CT molecular complexity index is 1040. The smallest absolute Gasteiger partial charge is 0.254 e. The zero-order chi connectivity index (χ0) is 20.4. The van der Waals surface area contributed by atoms with Crippen LogP contribution in [-0.4, -0.2) is 41.3 Å². The SMILES string of the molecule is Cc1cc(C(=O)N2CCC(CNC(=O)c3ccoc3)CC2)c2cc(F)ccc2n1. The van der Waals surface area contributed by atoms with E-state index in [0.29, 0.717) is 47.6 Å². The number of pyridine rings is 1. The average molecular weight is 395 g/mol. The van der Waals surface area contributed by atoms with Crippen molar-refractivity contribution in [3.05, 3.63) is 65.5 Å². The second-order valence-corrected chi connectivity index (χ2v) is 7.43. The number of fused-ring (bicyclic) bond motifs is 1. The van der Waals surface area contributed by atoms with Crippen LogP contribution >= 0.6 is 0 Å². The Kier molecular flexibility index (Phi) is 5.29. The molecule has 0 unspecified atom stereocenters. The fourth-order valence-corrected chi connectivity index (χ4v) is 3.75. The molecular formula is C22H22FN3O3. The number of carbonyl (C=O) groups excluding carboxylic acids is 2. The lowest BCUT2D eigenvalue weighted by Crippen LogP contribution is -2.41. The van der Waals surface area contributed by atoms with Crippen molar-refractivity contribution < 1.29 is 18.4 Å². The monoisotopic (exact) mass is 395 g/mol. The normalized spacial score (nSPS) is 14.9. The number of aromatic nitrogens is 1. The third-order valence-electron chi connectivity index (χ3n) is 5.37. The molecule has 2 amide bonds. The van der Waals surface area contributed by atoms with Gasteiger partial charge in [-0.25, -0.2) is 4.39 Å². The van der Waals surface area contributed by atoms with Gasteiger partial charge >= 0.3 is 0 Å². The van der Waals surface area contributed by atoms with Gasteiger partial charge in [-0.15, -0.1) is 0 Å². The summed E-state index contributed by atoms with van der Waals surface area (Å²) in [4.78, 5) is 31.3. The average Bonchev–Trinajstić information content (AvgIpc) is 3.27. The maximum Gasteiger partial charge on any atom is 0.254 e. The molecule has 0 spiro atoms. The molecule has 0 bridgehead atoms. The van der Waals surface area contributed by atoms with Gasteiger partial charge in [0, 0.05) is 30.7 Å². The predicted octanol–water partition coefficient (Wildman–Crippen LogP) is 3.56. The minimum Gasteiger partial charge on any atom is -0.472 e. The molecular weight excluding hydrogens is 373 g/mol. The summed E-state index contributed by atoms with van der Waals surface area (Å²) in [6, 6.07) is 7.67. The number of nitrogens with one attached hydrogen (secondary N) is 1. The highest BCUT2D eigenvalue weighted by atomic mass is 19.1. The summed E-state index contributed by atoms with van der Waals surface area (Å²) < 4.78 is 18.7. The molecule has 4 rings (SSSR count). The van der Waals surface area contributed by atoms with Gasteiger partial charge in [-0.2, -0.15) is 0 Å². The van der Waals surface area contributed by atoms with Crippen molar-refractivity contribution in [2.24, 2.45) is 5.92 Å². The summed E-state index contributed by atoms with van der Waals surface area (Å²) in [5, 5.41) is 3.45. The number of halogens is 1. The molecule has 7 heteroatoms. The molecule has 0 saturated carbocycles. The molecule has 29 heavy (non-hydrogen) atoms. The van der Waals surface area contributed by atoms with Crippen molar-refractivity contribution in [2.45, 2.75) is 19.8 Å². The molecule has 1 fully saturated rings. The highest BCUT2D eigenvalue weighted by molar-refractivity contribution is 6.06. The molecule has 3 aromatic rings. The molecule has 150 valence electrons. The molecule has 1 aliphatic heterocycles. The Morgan fingerprint density at radius 1 is 1.24 bits per heavy atom. The number of piperidine rings is 1. The van der Waals surface area contributed by atoms with Crippen LogP contribution in [0, 0.1) is 18.7 Å². The van der Waals surface area contributed by atoms with E-state index in [0.717, 1.165) is 18.5 Å². The standard InChI is InChI=1S/C22H22FN3O3/c1-14-10-19(18-11-17(23)2-3-20(18)25-14)22(28)26-7-4-15(5-8-26)12-24-21(27)16-6-9-29-13-16/h2-3,6,9-11,13,15H,4-5,7-8,12H2,1H3,(H,24,27). The topological polar surface area (TPSA) is 75.4 Å². The number of hydrogen-bond donors (Lipinski definition) is 1. The summed E-state index contributed by atoms with van der Waals surface area (Å²) in [5.74, 6) is -0.336. The number of rotatable bonds is 4. The Balaban J connectivity index is 1.40. The van der Waals surface area contributed by atoms with Crippen molar-refractivity contribution in [2.75, 3.05) is 19.6 Å². The lowest BCUT2D eigenvalue weighted by molar-refractivity contribution is 0.0686. The fourth-order valence-electron chi connectivity index (χ4n) is 3.75. The van der Waals surface area contributed by atoms with Gasteiger partial charge in [0.1, 0.15) is 12.1 Å². The van der Waals surface area contributed by atoms with E-state index in [9.17, 15) is 14.0 Å². The first-order valence-electron chi connectivity index (χ1n) is 9.68. The lowest BCUT2D eigenvalue weighted by atomic mass is 9.95. The number of hydrogen-bond acceptors (Lipinski definition) is 4. The quantitative estimate of drug-likeness (QED) is 0.733. The number of aryl methyl sites for hydroxylation is 1. The maximum atomic E-state index is 13.7. The third-order valence-corrected chi connectivity index (χ3v) is 5.37. The van der Waals surface area contributed by atoms with Crippen LogP contribution in [0.4, 0.5) is 4.39 Å². The zero-order valence-electron chi connectivity index (χ0n) is 16.2. The number of likely N-dealkylation sites (tertiary alicyclic amines) is 1. The minimum atomic E-state index is -0.385. The summed E-state index contributed by atoms with van der Waals surface area (Å²) in [6.07, 6.45) is 4.48. The van der Waals surface area contributed by atoms with Crippen LogP contribution in [0.2, 0.25) is 0 Å². The van der Waals surface area contributed by atoms with E-state index in [-0.39, 0.29) is 17.6 Å². The van der Waals surface area contributed by atoms with Crippen molar-refractivity contribution in [3.63, 3.8) is 0 Å². The summed E-state index contributed by atoms with van der Waals surface area (Å²) in [7, 11) is 0. The van der Waals surface area contributed by atoms with Crippen molar-refractivity contribution in [3.8, 4) is 0 Å². The Morgan fingerprint density at radius 3 is 2.76 bits per heavy atom. The zero-order valence-corrected chi connectivity index (χ0v) is 16.2. The maximum absolute atomic E-state index is 13.7. The first-order chi connectivity index (χ1) is 14.0. The highest BCUT2D eigenvalue weighted by Gasteiger charge is 2.25. The lowest BCUT2D eigenvalue weighted by Gasteiger charge is -2.32. The van der Waals surface area contributed by atoms with Crippen LogP contribution in [0.3, 0.4) is 0 Å². The van der Waals surface area contributed by atoms with Crippen LogP contribution in [0.25, 0.3) is 10.9 Å². The minimum absolute atomic E-state index is 0.105. The summed E-state index contributed by atoms with van der Waals surface area (Å²) >= 11 is 0. The van der Waals surface area contributed by atoms with Gasteiger partial charge in [0.05, 0.1) is 22.9 Å². The van der Waals surface area contributed by atoms with E-state index in [1.165, 1.54) is 24.7 Å². The van der Waals surface area contributed by atoms with Crippen LogP contribution < -0.4 is 5.32 Å². The molecule has 1 aromatic carbocycles. The molecule has 1 N–H and O–H groups in total.